The first-order valence-corrected chi connectivity index (χ1v) is 10.5. The standard InChI is InChI=1S/C22H30F4N2O/c1-15(2)21(7-6-19(13-21)28-8-4-3-5-9-28)20(29)27-14-16-10-17(22(24,25)26)12-18(23)11-16/h10-12,15,19H,3-9,13-14H2,1-2H3,(H,27,29). The van der Waals surface area contributed by atoms with Crippen LogP contribution in [0.1, 0.15) is 63.5 Å². The first kappa shape index (κ1) is 22.1. The minimum Gasteiger partial charge on any atom is -0.352 e. The third-order valence-electron chi connectivity index (χ3n) is 6.73. The van der Waals surface area contributed by atoms with Crippen molar-refractivity contribution in [3.8, 4) is 0 Å². The van der Waals surface area contributed by atoms with Crippen molar-refractivity contribution in [2.24, 2.45) is 11.3 Å². The van der Waals surface area contributed by atoms with E-state index >= 15 is 0 Å². The van der Waals surface area contributed by atoms with Gasteiger partial charge in [0.2, 0.25) is 5.91 Å². The zero-order chi connectivity index (χ0) is 21.2. The molecule has 1 aromatic carbocycles. The molecule has 7 heteroatoms. The van der Waals surface area contributed by atoms with Crippen molar-refractivity contribution in [3.63, 3.8) is 0 Å². The van der Waals surface area contributed by atoms with Gasteiger partial charge in [0, 0.05) is 12.6 Å². The molecule has 0 bridgehead atoms. The van der Waals surface area contributed by atoms with Gasteiger partial charge in [-0.3, -0.25) is 4.79 Å². The van der Waals surface area contributed by atoms with Crippen LogP contribution in [0.15, 0.2) is 18.2 Å². The van der Waals surface area contributed by atoms with Crippen LogP contribution in [0.25, 0.3) is 0 Å². The highest BCUT2D eigenvalue weighted by atomic mass is 19.4. The van der Waals surface area contributed by atoms with E-state index in [-0.39, 0.29) is 23.9 Å². The highest BCUT2D eigenvalue weighted by Gasteiger charge is 2.48. The lowest BCUT2D eigenvalue weighted by Gasteiger charge is -2.36. The van der Waals surface area contributed by atoms with Crippen LogP contribution < -0.4 is 5.32 Å². The molecule has 0 spiro atoms. The van der Waals surface area contributed by atoms with Crippen molar-refractivity contribution in [1.29, 1.82) is 0 Å². The molecule has 1 aromatic rings. The van der Waals surface area contributed by atoms with Gasteiger partial charge in [-0.1, -0.05) is 20.3 Å². The highest BCUT2D eigenvalue weighted by Crippen LogP contribution is 2.46. The molecule has 0 aromatic heterocycles. The second kappa shape index (κ2) is 8.62. The van der Waals surface area contributed by atoms with Crippen LogP contribution in [0, 0.1) is 17.2 Å². The fourth-order valence-electron chi connectivity index (χ4n) is 4.91. The molecule has 1 heterocycles. The molecule has 3 nitrogen and oxygen atoms in total. The van der Waals surface area contributed by atoms with Crippen molar-refractivity contribution in [2.45, 2.75) is 71.1 Å². The lowest BCUT2D eigenvalue weighted by Crippen LogP contribution is -2.45. The molecule has 0 radical (unpaired) electrons. The van der Waals surface area contributed by atoms with E-state index in [1.165, 1.54) is 19.3 Å². The Kier molecular flexibility index (Phi) is 6.56. The number of hydrogen-bond donors (Lipinski definition) is 1. The Morgan fingerprint density at radius 2 is 1.90 bits per heavy atom. The van der Waals surface area contributed by atoms with Crippen molar-refractivity contribution < 1.29 is 22.4 Å². The predicted octanol–water partition coefficient (Wildman–Crippen LogP) is 5.14. The third-order valence-corrected chi connectivity index (χ3v) is 6.73. The summed E-state index contributed by atoms with van der Waals surface area (Å²) in [5, 5.41) is 2.80. The van der Waals surface area contributed by atoms with Gasteiger partial charge in [-0.2, -0.15) is 13.2 Å². The van der Waals surface area contributed by atoms with Gasteiger partial charge in [0.25, 0.3) is 0 Å². The van der Waals surface area contributed by atoms with Crippen LogP contribution in [0.4, 0.5) is 17.6 Å². The van der Waals surface area contributed by atoms with Crippen LogP contribution in [-0.4, -0.2) is 29.9 Å². The summed E-state index contributed by atoms with van der Waals surface area (Å²) in [6, 6.07) is 2.80. The van der Waals surface area contributed by atoms with Gasteiger partial charge < -0.3 is 10.2 Å². The lowest BCUT2D eigenvalue weighted by atomic mass is 9.74. The monoisotopic (exact) mass is 414 g/mol. The second-order valence-corrected chi connectivity index (χ2v) is 8.83. The first-order valence-electron chi connectivity index (χ1n) is 10.5. The molecule has 3 rings (SSSR count). The average Bonchev–Trinajstić information content (AvgIpc) is 3.13. The summed E-state index contributed by atoms with van der Waals surface area (Å²) in [4.78, 5) is 15.6. The number of hydrogen-bond acceptors (Lipinski definition) is 2. The van der Waals surface area contributed by atoms with Gasteiger partial charge in [0.1, 0.15) is 5.82 Å². The second-order valence-electron chi connectivity index (χ2n) is 8.83. The predicted molar refractivity (Wildman–Crippen MR) is 104 cm³/mol. The molecule has 2 aliphatic rings. The van der Waals surface area contributed by atoms with Gasteiger partial charge >= 0.3 is 6.18 Å². The van der Waals surface area contributed by atoms with Crippen molar-refractivity contribution >= 4 is 5.91 Å². The number of nitrogens with zero attached hydrogens (tertiary/aromatic N) is 1. The normalized spacial score (nSPS) is 26.1. The van der Waals surface area contributed by atoms with E-state index in [1.807, 2.05) is 13.8 Å². The van der Waals surface area contributed by atoms with Crippen LogP contribution in [0.5, 0.6) is 0 Å². The molecule has 2 atom stereocenters. The van der Waals surface area contributed by atoms with Crippen LogP contribution in [-0.2, 0) is 17.5 Å². The molecule has 1 saturated heterocycles. The van der Waals surface area contributed by atoms with Gasteiger partial charge in [-0.15, -0.1) is 0 Å². The molecule has 1 aliphatic carbocycles. The summed E-state index contributed by atoms with van der Waals surface area (Å²) in [6.07, 6.45) is 1.53. The number of alkyl halides is 3. The van der Waals surface area contributed by atoms with E-state index in [1.54, 1.807) is 0 Å². The molecule has 162 valence electrons. The summed E-state index contributed by atoms with van der Waals surface area (Å²) in [7, 11) is 0. The van der Waals surface area contributed by atoms with Gasteiger partial charge in [0.05, 0.1) is 11.0 Å². The Hall–Kier alpha value is -1.63. The maximum Gasteiger partial charge on any atom is 0.416 e. The number of amides is 1. The van der Waals surface area contributed by atoms with Crippen molar-refractivity contribution in [1.82, 2.24) is 10.2 Å². The molecule has 29 heavy (non-hydrogen) atoms. The lowest BCUT2D eigenvalue weighted by molar-refractivity contribution is -0.137. The Morgan fingerprint density at radius 1 is 1.21 bits per heavy atom. The minimum absolute atomic E-state index is 0.109. The molecule has 2 fully saturated rings. The zero-order valence-corrected chi connectivity index (χ0v) is 17.1. The summed E-state index contributed by atoms with van der Waals surface area (Å²) in [5.41, 5.74) is -1.44. The quantitative estimate of drug-likeness (QED) is 0.677. The Balaban J connectivity index is 1.69. The molecule has 1 amide bonds. The van der Waals surface area contributed by atoms with E-state index in [2.05, 4.69) is 10.2 Å². The minimum atomic E-state index is -4.62. The average molecular weight is 414 g/mol. The Morgan fingerprint density at radius 3 is 2.52 bits per heavy atom. The fraction of sp³-hybridized carbons (Fsp3) is 0.682. The molecular weight excluding hydrogens is 384 g/mol. The molecule has 1 aliphatic heterocycles. The largest absolute Gasteiger partial charge is 0.416 e. The summed E-state index contributed by atoms with van der Waals surface area (Å²) in [5.74, 6) is -0.964. The maximum atomic E-state index is 13.6. The molecule has 1 N–H and O–H groups in total. The number of carbonyl (C=O) groups excluding carboxylic acids is 1. The zero-order valence-electron chi connectivity index (χ0n) is 17.1. The van der Waals surface area contributed by atoms with E-state index in [0.29, 0.717) is 12.1 Å². The maximum absolute atomic E-state index is 13.6. The third kappa shape index (κ3) is 4.93. The fourth-order valence-corrected chi connectivity index (χ4v) is 4.91. The number of likely N-dealkylation sites (tertiary alicyclic amines) is 1. The summed E-state index contributed by atoms with van der Waals surface area (Å²) < 4.78 is 52.4. The van der Waals surface area contributed by atoms with Crippen LogP contribution >= 0.6 is 0 Å². The van der Waals surface area contributed by atoms with Gasteiger partial charge in [0.15, 0.2) is 0 Å². The van der Waals surface area contributed by atoms with Crippen molar-refractivity contribution in [2.75, 3.05) is 13.1 Å². The summed E-state index contributed by atoms with van der Waals surface area (Å²) >= 11 is 0. The molecular formula is C22H30F4N2O. The van der Waals surface area contributed by atoms with Gasteiger partial charge in [-0.25, -0.2) is 4.39 Å². The number of carbonyl (C=O) groups is 1. The Labute approximate surface area is 169 Å². The number of rotatable bonds is 5. The first-order chi connectivity index (χ1) is 13.6. The number of piperidine rings is 1. The van der Waals surface area contributed by atoms with E-state index in [0.717, 1.165) is 44.5 Å². The topological polar surface area (TPSA) is 32.3 Å². The van der Waals surface area contributed by atoms with Crippen LogP contribution in [0.2, 0.25) is 0 Å². The van der Waals surface area contributed by atoms with Crippen LogP contribution in [0.3, 0.4) is 0 Å². The number of benzene rings is 1. The SMILES string of the molecule is CC(C)C1(C(=O)NCc2cc(F)cc(C(F)(F)F)c2)CCC(N2CCCCC2)C1. The Bertz CT molecular complexity index is 728. The molecule has 2 unspecified atom stereocenters. The molecule has 1 saturated carbocycles. The van der Waals surface area contributed by atoms with E-state index in [4.69, 9.17) is 0 Å². The van der Waals surface area contributed by atoms with Crippen molar-refractivity contribution in [3.05, 3.63) is 35.1 Å². The smallest absolute Gasteiger partial charge is 0.352 e. The summed E-state index contributed by atoms with van der Waals surface area (Å²) in [6.45, 7) is 6.10. The van der Waals surface area contributed by atoms with E-state index in [9.17, 15) is 22.4 Å². The highest BCUT2D eigenvalue weighted by molar-refractivity contribution is 5.83. The van der Waals surface area contributed by atoms with Gasteiger partial charge in [-0.05, 0) is 74.9 Å². The number of halogens is 4. The van der Waals surface area contributed by atoms with E-state index < -0.39 is 23.0 Å². The number of nitrogens with one attached hydrogen (secondary N) is 1.